The number of halogens is 1. The van der Waals surface area contributed by atoms with Gasteiger partial charge in [0, 0.05) is 27.4 Å². The molecule has 2 unspecified atom stereocenters. The van der Waals surface area contributed by atoms with E-state index in [4.69, 9.17) is 0 Å². The summed E-state index contributed by atoms with van der Waals surface area (Å²) in [5, 5.41) is 11.9. The van der Waals surface area contributed by atoms with Gasteiger partial charge in [-0.1, -0.05) is 76.6 Å². The number of allylic oxidation sites excluding steroid dienone is 3. The van der Waals surface area contributed by atoms with Crippen molar-refractivity contribution in [3.8, 4) is 11.1 Å². The zero-order valence-corrected chi connectivity index (χ0v) is 13.5. The Bertz CT molecular complexity index is 816. The van der Waals surface area contributed by atoms with Crippen LogP contribution in [0.25, 0.3) is 11.1 Å². The molecule has 3 aliphatic carbocycles. The molecule has 2 aromatic rings. The lowest BCUT2D eigenvalue weighted by Crippen LogP contribution is -2.30. The van der Waals surface area contributed by atoms with Gasteiger partial charge in [-0.3, -0.25) is 0 Å². The average Bonchev–Trinajstić information content (AvgIpc) is 3.21. The second kappa shape index (κ2) is 4.21. The maximum atomic E-state index is 11.9. The van der Waals surface area contributed by atoms with Crippen molar-refractivity contribution in [3.63, 3.8) is 0 Å². The minimum atomic E-state index is -1.00. The molecule has 2 bridgehead atoms. The zero-order chi connectivity index (χ0) is 14.9. The summed E-state index contributed by atoms with van der Waals surface area (Å²) >= 11 is 3.78. The Labute approximate surface area is 138 Å². The van der Waals surface area contributed by atoms with Crippen molar-refractivity contribution in [3.05, 3.63) is 81.9 Å². The topological polar surface area (TPSA) is 20.2 Å². The number of aliphatic hydroxyl groups is 1. The summed E-state index contributed by atoms with van der Waals surface area (Å²) in [6, 6.07) is 16.5. The third-order valence-electron chi connectivity index (χ3n) is 5.35. The summed E-state index contributed by atoms with van der Waals surface area (Å²) < 4.78 is 1.18. The van der Waals surface area contributed by atoms with Crippen LogP contribution in [0.4, 0.5) is 0 Å². The van der Waals surface area contributed by atoms with Crippen LogP contribution in [-0.2, 0) is 5.60 Å². The second-order valence-electron chi connectivity index (χ2n) is 6.40. The molecule has 0 saturated carbocycles. The van der Waals surface area contributed by atoms with Crippen molar-refractivity contribution in [2.24, 2.45) is 11.8 Å². The van der Waals surface area contributed by atoms with Crippen molar-refractivity contribution < 1.29 is 5.11 Å². The van der Waals surface area contributed by atoms with E-state index in [-0.39, 0.29) is 0 Å². The SMILES string of the molecule is OC1(C2=C(Br)C3C=CC2C3)c2ccccc2-c2ccccc21. The Balaban J connectivity index is 1.85. The molecule has 22 heavy (non-hydrogen) atoms. The van der Waals surface area contributed by atoms with Crippen LogP contribution in [0.15, 0.2) is 70.7 Å². The van der Waals surface area contributed by atoms with Gasteiger partial charge in [0.25, 0.3) is 0 Å². The van der Waals surface area contributed by atoms with Gasteiger partial charge >= 0.3 is 0 Å². The summed E-state index contributed by atoms with van der Waals surface area (Å²) in [5.74, 6) is 0.771. The van der Waals surface area contributed by atoms with E-state index in [0.717, 1.165) is 34.2 Å². The lowest BCUT2D eigenvalue weighted by atomic mass is 9.79. The standard InChI is InChI=1S/C20H15BrO/c21-19-13-10-9-12(11-13)18(19)20(22)16-7-3-1-5-14(16)15-6-2-4-8-17(15)20/h1-10,12-13,22H,11H2. The molecule has 0 heterocycles. The Morgan fingerprint density at radius 1 is 0.864 bits per heavy atom. The third-order valence-corrected chi connectivity index (χ3v) is 6.37. The number of benzene rings is 2. The minimum absolute atomic E-state index is 0.337. The Hall–Kier alpha value is -1.64. The fraction of sp³-hybridized carbons (Fsp3) is 0.200. The van der Waals surface area contributed by atoms with Gasteiger partial charge in [-0.2, -0.15) is 0 Å². The quantitative estimate of drug-likeness (QED) is 0.735. The van der Waals surface area contributed by atoms with Gasteiger partial charge < -0.3 is 5.11 Å². The van der Waals surface area contributed by atoms with E-state index in [9.17, 15) is 5.11 Å². The highest BCUT2D eigenvalue weighted by Crippen LogP contribution is 2.59. The predicted molar refractivity (Wildman–Crippen MR) is 91.6 cm³/mol. The van der Waals surface area contributed by atoms with Gasteiger partial charge in [-0.25, -0.2) is 0 Å². The maximum Gasteiger partial charge on any atom is 0.139 e. The summed E-state index contributed by atoms with van der Waals surface area (Å²) in [7, 11) is 0. The molecule has 0 saturated heterocycles. The second-order valence-corrected chi connectivity index (χ2v) is 7.25. The van der Waals surface area contributed by atoms with Crippen molar-refractivity contribution in [1.29, 1.82) is 0 Å². The molecule has 1 nitrogen and oxygen atoms in total. The van der Waals surface area contributed by atoms with Crippen LogP contribution < -0.4 is 0 Å². The highest BCUT2D eigenvalue weighted by atomic mass is 79.9. The first kappa shape index (κ1) is 12.9. The van der Waals surface area contributed by atoms with Crippen molar-refractivity contribution in [2.75, 3.05) is 0 Å². The Morgan fingerprint density at radius 3 is 1.95 bits per heavy atom. The van der Waals surface area contributed by atoms with E-state index < -0.39 is 5.60 Å². The van der Waals surface area contributed by atoms with Gasteiger partial charge in [-0.15, -0.1) is 0 Å². The van der Waals surface area contributed by atoms with Crippen LogP contribution in [0.2, 0.25) is 0 Å². The van der Waals surface area contributed by atoms with E-state index in [1.807, 2.05) is 24.3 Å². The molecule has 0 amide bonds. The Morgan fingerprint density at radius 2 is 1.41 bits per heavy atom. The van der Waals surface area contributed by atoms with Crippen LogP contribution in [0.3, 0.4) is 0 Å². The van der Waals surface area contributed by atoms with Crippen LogP contribution in [0, 0.1) is 11.8 Å². The van der Waals surface area contributed by atoms with Gasteiger partial charge in [0.15, 0.2) is 0 Å². The highest BCUT2D eigenvalue weighted by molar-refractivity contribution is 9.11. The first-order valence-electron chi connectivity index (χ1n) is 7.71. The van der Waals surface area contributed by atoms with E-state index in [1.165, 1.54) is 4.48 Å². The molecule has 0 fully saturated rings. The van der Waals surface area contributed by atoms with Crippen LogP contribution in [0.5, 0.6) is 0 Å². The van der Waals surface area contributed by atoms with E-state index in [2.05, 4.69) is 52.3 Å². The number of hydrogen-bond donors (Lipinski definition) is 1. The minimum Gasteiger partial charge on any atom is -0.376 e. The van der Waals surface area contributed by atoms with E-state index in [1.54, 1.807) is 0 Å². The van der Waals surface area contributed by atoms with Gasteiger partial charge in [0.2, 0.25) is 0 Å². The smallest absolute Gasteiger partial charge is 0.139 e. The normalized spacial score (nSPS) is 26.5. The van der Waals surface area contributed by atoms with Crippen molar-refractivity contribution >= 4 is 15.9 Å². The molecule has 2 aromatic carbocycles. The zero-order valence-electron chi connectivity index (χ0n) is 12.0. The maximum absolute atomic E-state index is 11.9. The summed E-state index contributed by atoms with van der Waals surface area (Å²) in [5.41, 5.74) is 4.47. The average molecular weight is 351 g/mol. The van der Waals surface area contributed by atoms with Gasteiger partial charge in [0.1, 0.15) is 5.60 Å². The molecule has 0 aliphatic heterocycles. The fourth-order valence-electron chi connectivity index (χ4n) is 4.42. The predicted octanol–water partition coefficient (Wildman–Crippen LogP) is 4.76. The molecular weight excluding hydrogens is 336 g/mol. The monoisotopic (exact) mass is 350 g/mol. The van der Waals surface area contributed by atoms with Crippen molar-refractivity contribution in [2.45, 2.75) is 12.0 Å². The van der Waals surface area contributed by atoms with Gasteiger partial charge in [0.05, 0.1) is 0 Å². The molecule has 3 aliphatic rings. The lowest BCUT2D eigenvalue weighted by molar-refractivity contribution is 0.118. The van der Waals surface area contributed by atoms with Gasteiger partial charge in [-0.05, 0) is 23.1 Å². The lowest BCUT2D eigenvalue weighted by Gasteiger charge is -2.31. The number of hydrogen-bond acceptors (Lipinski definition) is 1. The molecule has 0 radical (unpaired) electrons. The summed E-state index contributed by atoms with van der Waals surface area (Å²) in [6.07, 6.45) is 5.60. The largest absolute Gasteiger partial charge is 0.376 e. The summed E-state index contributed by atoms with van der Waals surface area (Å²) in [6.45, 7) is 0. The number of fused-ring (bicyclic) bond motifs is 5. The van der Waals surface area contributed by atoms with Crippen LogP contribution >= 0.6 is 15.9 Å². The first-order valence-corrected chi connectivity index (χ1v) is 8.50. The molecule has 5 rings (SSSR count). The molecular formula is C20H15BrO. The Kier molecular flexibility index (Phi) is 2.46. The third kappa shape index (κ3) is 1.38. The van der Waals surface area contributed by atoms with Crippen LogP contribution in [-0.4, -0.2) is 5.11 Å². The van der Waals surface area contributed by atoms with Crippen LogP contribution in [0.1, 0.15) is 17.5 Å². The number of rotatable bonds is 1. The van der Waals surface area contributed by atoms with E-state index >= 15 is 0 Å². The molecule has 0 aromatic heterocycles. The molecule has 108 valence electrons. The van der Waals surface area contributed by atoms with Crippen molar-refractivity contribution in [1.82, 2.24) is 0 Å². The molecule has 1 N–H and O–H groups in total. The molecule has 0 spiro atoms. The molecule has 2 heteroatoms. The fourth-order valence-corrected chi connectivity index (χ4v) is 5.34. The molecule has 2 atom stereocenters. The highest BCUT2D eigenvalue weighted by Gasteiger charge is 2.51. The summed E-state index contributed by atoms with van der Waals surface area (Å²) in [4.78, 5) is 0. The van der Waals surface area contributed by atoms with E-state index in [0.29, 0.717) is 11.8 Å². The first-order chi connectivity index (χ1) is 10.7.